The Hall–Kier alpha value is -2.56. The third-order valence-corrected chi connectivity index (χ3v) is 3.51. The van der Waals surface area contributed by atoms with Crippen molar-refractivity contribution in [1.82, 2.24) is 10.3 Å². The van der Waals surface area contributed by atoms with E-state index in [1.807, 2.05) is 58.0 Å². The molecule has 5 nitrogen and oxygen atoms in total. The average Bonchev–Trinajstić information content (AvgIpc) is 2.56. The minimum Gasteiger partial charge on any atom is -0.489 e. The maximum absolute atomic E-state index is 12.2. The van der Waals surface area contributed by atoms with Gasteiger partial charge in [-0.2, -0.15) is 0 Å². The van der Waals surface area contributed by atoms with Crippen LogP contribution in [0.3, 0.4) is 0 Å². The summed E-state index contributed by atoms with van der Waals surface area (Å²) in [5, 5.41) is 6.22. The molecule has 0 bridgehead atoms. The van der Waals surface area contributed by atoms with Crippen LogP contribution in [0, 0.1) is 0 Å². The van der Waals surface area contributed by atoms with E-state index in [-0.39, 0.29) is 18.1 Å². The van der Waals surface area contributed by atoms with Gasteiger partial charge in [0.05, 0.1) is 11.8 Å². The molecule has 0 aliphatic heterocycles. The molecular weight excluding hydrogens is 302 g/mol. The van der Waals surface area contributed by atoms with E-state index in [2.05, 4.69) is 15.6 Å². The van der Waals surface area contributed by atoms with E-state index in [4.69, 9.17) is 4.74 Å². The number of nitrogens with zero attached hydrogens (tertiary/aromatic N) is 1. The summed E-state index contributed by atoms with van der Waals surface area (Å²) >= 11 is 0. The van der Waals surface area contributed by atoms with Gasteiger partial charge in [0.15, 0.2) is 0 Å². The van der Waals surface area contributed by atoms with E-state index >= 15 is 0 Å². The van der Waals surface area contributed by atoms with Gasteiger partial charge in [0.1, 0.15) is 11.4 Å². The summed E-state index contributed by atoms with van der Waals surface area (Å²) in [5.41, 5.74) is 2.03. The van der Waals surface area contributed by atoms with Crippen LogP contribution in [0.4, 0.5) is 11.4 Å². The van der Waals surface area contributed by atoms with Gasteiger partial charge in [0.2, 0.25) is 0 Å². The van der Waals surface area contributed by atoms with Gasteiger partial charge >= 0.3 is 0 Å². The first-order valence-electron chi connectivity index (χ1n) is 8.29. The Kier molecular flexibility index (Phi) is 6.18. The lowest BCUT2D eigenvalue weighted by molar-refractivity contribution is 0.0934. The number of benzene rings is 1. The van der Waals surface area contributed by atoms with Crippen LogP contribution in [0.5, 0.6) is 5.75 Å². The first-order chi connectivity index (χ1) is 11.5. The number of para-hydroxylation sites is 2. The number of anilines is 2. The molecule has 0 aliphatic carbocycles. The van der Waals surface area contributed by atoms with Crippen LogP contribution >= 0.6 is 0 Å². The van der Waals surface area contributed by atoms with Crippen molar-refractivity contribution in [2.75, 3.05) is 5.32 Å². The van der Waals surface area contributed by atoms with Crippen LogP contribution in [0.25, 0.3) is 0 Å². The van der Waals surface area contributed by atoms with E-state index < -0.39 is 0 Å². The number of carbonyl (C=O) groups is 1. The van der Waals surface area contributed by atoms with Crippen molar-refractivity contribution in [2.45, 2.75) is 46.3 Å². The smallest absolute Gasteiger partial charge is 0.270 e. The van der Waals surface area contributed by atoms with Crippen LogP contribution in [-0.2, 0) is 0 Å². The quantitative estimate of drug-likeness (QED) is 0.802. The highest BCUT2D eigenvalue weighted by molar-refractivity contribution is 5.93. The third-order valence-electron chi connectivity index (χ3n) is 3.51. The van der Waals surface area contributed by atoms with Gasteiger partial charge in [-0.3, -0.25) is 9.78 Å². The van der Waals surface area contributed by atoms with Gasteiger partial charge in [0, 0.05) is 17.9 Å². The van der Waals surface area contributed by atoms with Crippen molar-refractivity contribution < 1.29 is 9.53 Å². The lowest BCUT2D eigenvalue weighted by Gasteiger charge is -2.16. The zero-order chi connectivity index (χ0) is 17.5. The molecule has 1 atom stereocenters. The normalized spacial score (nSPS) is 11.9. The fourth-order valence-electron chi connectivity index (χ4n) is 2.11. The van der Waals surface area contributed by atoms with Crippen molar-refractivity contribution in [1.29, 1.82) is 0 Å². The summed E-state index contributed by atoms with van der Waals surface area (Å²) in [6.07, 6.45) is 2.59. The van der Waals surface area contributed by atoms with E-state index in [0.717, 1.165) is 23.5 Å². The van der Waals surface area contributed by atoms with Crippen LogP contribution in [0.1, 0.15) is 44.6 Å². The lowest BCUT2D eigenvalue weighted by atomic mass is 10.2. The Morgan fingerprint density at radius 3 is 2.67 bits per heavy atom. The van der Waals surface area contributed by atoms with E-state index in [0.29, 0.717) is 5.69 Å². The molecule has 1 aromatic heterocycles. The van der Waals surface area contributed by atoms with E-state index in [1.165, 1.54) is 0 Å². The number of rotatable bonds is 7. The van der Waals surface area contributed by atoms with Crippen LogP contribution < -0.4 is 15.4 Å². The number of nitrogens with one attached hydrogen (secondary N) is 2. The largest absolute Gasteiger partial charge is 0.489 e. The average molecular weight is 327 g/mol. The molecule has 24 heavy (non-hydrogen) atoms. The van der Waals surface area contributed by atoms with Crippen molar-refractivity contribution in [2.24, 2.45) is 0 Å². The minimum absolute atomic E-state index is 0.0854. The number of carbonyl (C=O) groups excluding carboxylic acids is 1. The first-order valence-corrected chi connectivity index (χ1v) is 8.29. The van der Waals surface area contributed by atoms with Crippen molar-refractivity contribution in [3.63, 3.8) is 0 Å². The predicted octanol–water partition coefficient (Wildman–Crippen LogP) is 4.14. The minimum atomic E-state index is -0.167. The molecule has 0 spiro atoms. The number of amides is 1. The van der Waals surface area contributed by atoms with E-state index in [9.17, 15) is 4.79 Å². The summed E-state index contributed by atoms with van der Waals surface area (Å²) in [6.45, 7) is 7.97. The fraction of sp³-hybridized carbons (Fsp3) is 0.368. The number of aromatic nitrogens is 1. The Labute approximate surface area is 143 Å². The maximum Gasteiger partial charge on any atom is 0.270 e. The topological polar surface area (TPSA) is 63.2 Å². The molecule has 0 saturated heterocycles. The molecule has 5 heteroatoms. The second-order valence-corrected chi connectivity index (χ2v) is 6.00. The number of hydrogen-bond donors (Lipinski definition) is 2. The molecule has 1 aromatic carbocycles. The SMILES string of the molecule is CCC(C)NC(=O)c1cc(Nc2ccccc2OC(C)C)ccn1. The van der Waals surface area contributed by atoms with Crippen molar-refractivity contribution in [3.05, 3.63) is 48.3 Å². The van der Waals surface area contributed by atoms with Gasteiger partial charge in [-0.05, 0) is 51.5 Å². The summed E-state index contributed by atoms with van der Waals surface area (Å²) in [5.74, 6) is 0.606. The van der Waals surface area contributed by atoms with Crippen molar-refractivity contribution in [3.8, 4) is 5.75 Å². The van der Waals surface area contributed by atoms with E-state index in [1.54, 1.807) is 12.3 Å². The van der Waals surface area contributed by atoms with Crippen LogP contribution in [0.2, 0.25) is 0 Å². The van der Waals surface area contributed by atoms with Crippen LogP contribution in [0.15, 0.2) is 42.6 Å². The zero-order valence-electron chi connectivity index (χ0n) is 14.7. The Morgan fingerprint density at radius 1 is 1.21 bits per heavy atom. The highest BCUT2D eigenvalue weighted by atomic mass is 16.5. The third kappa shape index (κ3) is 4.98. The van der Waals surface area contributed by atoms with Gasteiger partial charge < -0.3 is 15.4 Å². The van der Waals surface area contributed by atoms with Gasteiger partial charge in [-0.25, -0.2) is 0 Å². The molecule has 2 rings (SSSR count). The zero-order valence-corrected chi connectivity index (χ0v) is 14.7. The maximum atomic E-state index is 12.2. The second-order valence-electron chi connectivity index (χ2n) is 6.00. The second kappa shape index (κ2) is 8.34. The molecule has 1 heterocycles. The monoisotopic (exact) mass is 327 g/mol. The molecule has 0 fully saturated rings. The summed E-state index contributed by atoms with van der Waals surface area (Å²) in [6, 6.07) is 11.4. The highest BCUT2D eigenvalue weighted by Gasteiger charge is 2.11. The number of ether oxygens (including phenoxy) is 1. The van der Waals surface area contributed by atoms with Crippen molar-refractivity contribution >= 4 is 17.3 Å². The molecule has 2 aromatic rings. The lowest BCUT2D eigenvalue weighted by Crippen LogP contribution is -2.32. The molecule has 2 N–H and O–H groups in total. The summed E-state index contributed by atoms with van der Waals surface area (Å²) in [7, 11) is 0. The Morgan fingerprint density at radius 2 is 1.96 bits per heavy atom. The Bertz CT molecular complexity index is 686. The molecule has 0 aliphatic rings. The summed E-state index contributed by atoms with van der Waals surface area (Å²) in [4.78, 5) is 16.4. The molecule has 1 unspecified atom stereocenters. The van der Waals surface area contributed by atoms with Gasteiger partial charge in [-0.1, -0.05) is 19.1 Å². The fourth-order valence-corrected chi connectivity index (χ4v) is 2.11. The highest BCUT2D eigenvalue weighted by Crippen LogP contribution is 2.28. The first kappa shape index (κ1) is 17.8. The molecule has 0 radical (unpaired) electrons. The molecule has 0 saturated carbocycles. The van der Waals surface area contributed by atoms with Crippen LogP contribution in [-0.4, -0.2) is 23.0 Å². The van der Waals surface area contributed by atoms with Gasteiger partial charge in [-0.15, -0.1) is 0 Å². The molecule has 1 amide bonds. The number of pyridine rings is 1. The molecule has 128 valence electrons. The van der Waals surface area contributed by atoms with Gasteiger partial charge in [0.25, 0.3) is 5.91 Å². The Balaban J connectivity index is 2.17. The predicted molar refractivity (Wildman–Crippen MR) is 96.9 cm³/mol. The molecular formula is C19H25N3O2. The summed E-state index contributed by atoms with van der Waals surface area (Å²) < 4.78 is 5.81. The number of hydrogen-bond acceptors (Lipinski definition) is 4. The standard InChI is InChI=1S/C19H25N3O2/c1-5-14(4)21-19(23)17-12-15(10-11-20-17)22-16-8-6-7-9-18(16)24-13(2)3/h6-14H,5H2,1-4H3,(H,20,22)(H,21,23).